The summed E-state index contributed by atoms with van der Waals surface area (Å²) in [6.45, 7) is 4.24. The van der Waals surface area contributed by atoms with Gasteiger partial charge in [-0.1, -0.05) is 17.7 Å². The third-order valence-corrected chi connectivity index (χ3v) is 6.83. The Hall–Kier alpha value is -2.57. The van der Waals surface area contributed by atoms with E-state index in [-0.39, 0.29) is 0 Å². The first-order valence-corrected chi connectivity index (χ1v) is 10.5. The van der Waals surface area contributed by atoms with Crippen molar-refractivity contribution in [2.75, 3.05) is 0 Å². The van der Waals surface area contributed by atoms with Crippen LogP contribution in [0, 0.1) is 13.8 Å². The molecule has 5 rings (SSSR count). The van der Waals surface area contributed by atoms with Gasteiger partial charge in [0.2, 0.25) is 0 Å². The molecule has 0 spiro atoms. The van der Waals surface area contributed by atoms with E-state index < -0.39 is 0 Å². The molecule has 0 N–H and O–H groups in total. The third-order valence-electron chi connectivity index (χ3n) is 4.54. The number of nitrogens with zero attached hydrogens (tertiary/aromatic N) is 4. The minimum Gasteiger partial charge on any atom is -0.264 e. The van der Waals surface area contributed by atoms with Crippen LogP contribution in [-0.4, -0.2) is 19.9 Å². The quantitative estimate of drug-likeness (QED) is 0.293. The highest BCUT2D eigenvalue weighted by Gasteiger charge is 2.14. The van der Waals surface area contributed by atoms with Crippen LogP contribution in [0.5, 0.6) is 0 Å². The Bertz CT molecular complexity index is 1300. The molecule has 0 aliphatic heterocycles. The summed E-state index contributed by atoms with van der Waals surface area (Å²) in [7, 11) is 0. The van der Waals surface area contributed by atoms with Crippen molar-refractivity contribution in [3.05, 3.63) is 65.7 Å². The minimum absolute atomic E-state index is 0.835. The average Bonchev–Trinajstić information content (AvgIpc) is 3.04. The Kier molecular flexibility index (Phi) is 4.02. The highest BCUT2D eigenvalue weighted by Crippen LogP contribution is 2.38. The molecule has 0 radical (unpaired) electrons. The number of aromatic nitrogens is 4. The van der Waals surface area contributed by atoms with Crippen molar-refractivity contribution in [3.8, 4) is 0 Å². The fourth-order valence-electron chi connectivity index (χ4n) is 3.36. The Morgan fingerprint density at radius 3 is 2.85 bits per heavy atom. The van der Waals surface area contributed by atoms with Crippen LogP contribution >= 0.6 is 23.1 Å². The van der Waals surface area contributed by atoms with E-state index in [0.29, 0.717) is 0 Å². The highest BCUT2D eigenvalue weighted by molar-refractivity contribution is 7.98. The van der Waals surface area contributed by atoms with Gasteiger partial charge in [0.05, 0.1) is 15.7 Å². The molecule has 0 saturated heterocycles. The van der Waals surface area contributed by atoms with Crippen LogP contribution in [0.1, 0.15) is 16.7 Å². The van der Waals surface area contributed by atoms with Gasteiger partial charge in [0.1, 0.15) is 16.2 Å². The van der Waals surface area contributed by atoms with Crippen molar-refractivity contribution in [1.82, 2.24) is 19.9 Å². The molecule has 0 fully saturated rings. The summed E-state index contributed by atoms with van der Waals surface area (Å²) in [5, 5.41) is 3.28. The van der Waals surface area contributed by atoms with Crippen molar-refractivity contribution in [2.24, 2.45) is 0 Å². The zero-order valence-corrected chi connectivity index (χ0v) is 16.6. The standard InChI is InChI=1S/C21H16N4S2/c1-12-6-13(2)17-15(7-12)8-16-18-19(27-20(16)25-17)21(24-11-23-18)26-10-14-4-3-5-22-9-14/h3-9,11H,10H2,1-2H3. The van der Waals surface area contributed by atoms with E-state index in [0.717, 1.165) is 36.7 Å². The van der Waals surface area contributed by atoms with Gasteiger partial charge in [-0.25, -0.2) is 15.0 Å². The van der Waals surface area contributed by atoms with Crippen LogP contribution in [-0.2, 0) is 5.75 Å². The molecule has 0 atom stereocenters. The first kappa shape index (κ1) is 16.6. The molecular formula is C21H16N4S2. The summed E-state index contributed by atoms with van der Waals surface area (Å²) < 4.78 is 1.11. The lowest BCUT2D eigenvalue weighted by molar-refractivity contribution is 1.11. The summed E-state index contributed by atoms with van der Waals surface area (Å²) in [6.07, 6.45) is 5.35. The molecule has 4 nitrogen and oxygen atoms in total. The minimum atomic E-state index is 0.835. The Morgan fingerprint density at radius 1 is 1.07 bits per heavy atom. The Labute approximate surface area is 164 Å². The monoisotopic (exact) mass is 388 g/mol. The third kappa shape index (κ3) is 2.95. The van der Waals surface area contributed by atoms with Gasteiger partial charge in [0.15, 0.2) is 0 Å². The molecule has 4 aromatic heterocycles. The second-order valence-electron chi connectivity index (χ2n) is 6.60. The van der Waals surface area contributed by atoms with E-state index in [1.165, 1.54) is 22.1 Å². The van der Waals surface area contributed by atoms with E-state index >= 15 is 0 Å². The molecule has 0 unspecified atom stereocenters. The van der Waals surface area contributed by atoms with Crippen LogP contribution in [0.4, 0.5) is 0 Å². The smallest absolute Gasteiger partial charge is 0.126 e. The van der Waals surface area contributed by atoms with E-state index in [1.807, 2.05) is 12.3 Å². The van der Waals surface area contributed by atoms with Crippen LogP contribution in [0.3, 0.4) is 0 Å². The molecule has 4 heterocycles. The van der Waals surface area contributed by atoms with Crippen LogP contribution in [0.2, 0.25) is 0 Å². The molecule has 6 heteroatoms. The van der Waals surface area contributed by atoms with Gasteiger partial charge in [0, 0.05) is 28.9 Å². The predicted molar refractivity (Wildman–Crippen MR) is 113 cm³/mol. The van der Waals surface area contributed by atoms with Gasteiger partial charge in [-0.2, -0.15) is 0 Å². The van der Waals surface area contributed by atoms with Gasteiger partial charge in [-0.3, -0.25) is 4.98 Å². The number of thiophene rings is 1. The second-order valence-corrected chi connectivity index (χ2v) is 8.57. The molecule has 5 aromatic rings. The average molecular weight is 389 g/mol. The fourth-order valence-corrected chi connectivity index (χ4v) is 5.48. The maximum absolute atomic E-state index is 4.95. The Balaban J connectivity index is 1.65. The number of aryl methyl sites for hydroxylation is 2. The van der Waals surface area contributed by atoms with E-state index in [2.05, 4.69) is 53.1 Å². The van der Waals surface area contributed by atoms with Crippen molar-refractivity contribution < 1.29 is 0 Å². The molecule has 1 aromatic carbocycles. The topological polar surface area (TPSA) is 51.6 Å². The molecule has 132 valence electrons. The maximum Gasteiger partial charge on any atom is 0.126 e. The highest BCUT2D eigenvalue weighted by atomic mass is 32.2. The molecule has 0 aliphatic rings. The summed E-state index contributed by atoms with van der Waals surface area (Å²) in [4.78, 5) is 19.3. The normalized spacial score (nSPS) is 11.6. The van der Waals surface area contributed by atoms with Gasteiger partial charge in [-0.05, 0) is 43.2 Å². The zero-order chi connectivity index (χ0) is 18.4. The van der Waals surface area contributed by atoms with E-state index in [9.17, 15) is 0 Å². The first-order valence-electron chi connectivity index (χ1n) is 8.66. The SMILES string of the molecule is Cc1cc(C)c2nc3sc4c(SCc5cccnc5)ncnc4c3cc2c1. The van der Waals surface area contributed by atoms with Crippen molar-refractivity contribution in [1.29, 1.82) is 0 Å². The second kappa shape index (κ2) is 6.55. The largest absolute Gasteiger partial charge is 0.264 e. The number of pyridine rings is 2. The summed E-state index contributed by atoms with van der Waals surface area (Å²) >= 11 is 3.40. The lowest BCUT2D eigenvalue weighted by Crippen LogP contribution is -1.87. The van der Waals surface area contributed by atoms with Gasteiger partial charge < -0.3 is 0 Å². The maximum atomic E-state index is 4.95. The Morgan fingerprint density at radius 2 is 2.00 bits per heavy atom. The number of benzene rings is 1. The van der Waals surface area contributed by atoms with Crippen LogP contribution in [0.15, 0.2) is 54.1 Å². The lowest BCUT2D eigenvalue weighted by Gasteiger charge is -2.03. The number of rotatable bonds is 3. The number of hydrogen-bond donors (Lipinski definition) is 0. The zero-order valence-electron chi connectivity index (χ0n) is 14.9. The van der Waals surface area contributed by atoms with Crippen molar-refractivity contribution >= 4 is 54.4 Å². The van der Waals surface area contributed by atoms with Crippen molar-refractivity contribution in [2.45, 2.75) is 24.6 Å². The lowest BCUT2D eigenvalue weighted by atomic mass is 10.1. The van der Waals surface area contributed by atoms with Gasteiger partial charge in [0.25, 0.3) is 0 Å². The van der Waals surface area contributed by atoms with E-state index in [1.54, 1.807) is 35.6 Å². The fraction of sp³-hybridized carbons (Fsp3) is 0.143. The molecule has 0 saturated carbocycles. The van der Waals surface area contributed by atoms with Gasteiger partial charge in [-0.15, -0.1) is 23.1 Å². The van der Waals surface area contributed by atoms with Crippen molar-refractivity contribution in [3.63, 3.8) is 0 Å². The predicted octanol–water partition coefficient (Wildman–Crippen LogP) is 5.70. The summed E-state index contributed by atoms with van der Waals surface area (Å²) in [6, 6.07) is 10.6. The molecule has 0 amide bonds. The molecule has 27 heavy (non-hydrogen) atoms. The summed E-state index contributed by atoms with van der Waals surface area (Å²) in [5.41, 5.74) is 5.71. The molecule has 0 bridgehead atoms. The number of fused-ring (bicyclic) bond motifs is 4. The first-order chi connectivity index (χ1) is 13.2. The van der Waals surface area contributed by atoms with Gasteiger partial charge >= 0.3 is 0 Å². The number of thioether (sulfide) groups is 1. The molecule has 0 aliphatic carbocycles. The van der Waals surface area contributed by atoms with E-state index in [4.69, 9.17) is 4.98 Å². The summed E-state index contributed by atoms with van der Waals surface area (Å²) in [5.74, 6) is 0.835. The molecular weight excluding hydrogens is 372 g/mol. The van der Waals surface area contributed by atoms with Crippen LogP contribution < -0.4 is 0 Å². The van der Waals surface area contributed by atoms with Crippen LogP contribution in [0.25, 0.3) is 31.3 Å². The number of hydrogen-bond acceptors (Lipinski definition) is 6.